The predicted octanol–water partition coefficient (Wildman–Crippen LogP) is 3.05. The van der Waals surface area contributed by atoms with Crippen LogP contribution in [0.1, 0.15) is 6.92 Å². The van der Waals surface area contributed by atoms with Gasteiger partial charge in [0, 0.05) is 24.1 Å². The van der Waals surface area contributed by atoms with Crippen LogP contribution in [-0.4, -0.2) is 18.4 Å². The van der Waals surface area contributed by atoms with Gasteiger partial charge in [0.1, 0.15) is 5.82 Å². The lowest BCUT2D eigenvalue weighted by Crippen LogP contribution is -2.24. The van der Waals surface area contributed by atoms with Gasteiger partial charge in [-0.2, -0.15) is 0 Å². The van der Waals surface area contributed by atoms with E-state index in [9.17, 15) is 4.39 Å². The Morgan fingerprint density at radius 3 is 2.77 bits per heavy atom. The first-order chi connectivity index (χ1) is 6.27. The van der Waals surface area contributed by atoms with Crippen molar-refractivity contribution in [1.29, 1.82) is 0 Å². The average Bonchev–Trinajstić information content (AvgIpc) is 2.14. The maximum Gasteiger partial charge on any atom is 0.125 e. The van der Waals surface area contributed by atoms with E-state index in [1.54, 1.807) is 12.1 Å². The summed E-state index contributed by atoms with van der Waals surface area (Å²) in [4.78, 5) is 2.12. The Balaban J connectivity index is 2.78. The molecule has 1 rings (SSSR count). The number of nitrogens with zero attached hydrogens (tertiary/aromatic N) is 1. The van der Waals surface area contributed by atoms with Gasteiger partial charge in [-0.1, -0.05) is 22.0 Å². The number of anilines is 1. The Morgan fingerprint density at radius 1 is 1.46 bits per heavy atom. The van der Waals surface area contributed by atoms with Crippen molar-refractivity contribution in [3.8, 4) is 0 Å². The average molecular weight is 246 g/mol. The molecule has 0 spiro atoms. The minimum Gasteiger partial charge on any atom is -0.371 e. The Labute approximate surface area is 86.7 Å². The molecule has 1 aromatic carbocycles. The van der Waals surface area contributed by atoms with Crippen molar-refractivity contribution in [3.05, 3.63) is 30.1 Å². The van der Waals surface area contributed by atoms with E-state index in [4.69, 9.17) is 0 Å². The summed E-state index contributed by atoms with van der Waals surface area (Å²) in [6.45, 7) is 3.86. The number of rotatable bonds is 4. The zero-order valence-electron chi connectivity index (χ0n) is 7.63. The van der Waals surface area contributed by atoms with E-state index in [1.165, 1.54) is 6.07 Å². The highest BCUT2D eigenvalue weighted by Crippen LogP contribution is 2.14. The zero-order valence-corrected chi connectivity index (χ0v) is 9.22. The first-order valence-electron chi connectivity index (χ1n) is 4.34. The van der Waals surface area contributed by atoms with Crippen molar-refractivity contribution in [2.75, 3.05) is 23.3 Å². The van der Waals surface area contributed by atoms with Crippen LogP contribution in [0.3, 0.4) is 0 Å². The van der Waals surface area contributed by atoms with Gasteiger partial charge in [0.15, 0.2) is 0 Å². The monoisotopic (exact) mass is 245 g/mol. The third-order valence-electron chi connectivity index (χ3n) is 1.91. The van der Waals surface area contributed by atoms with Crippen LogP contribution in [-0.2, 0) is 0 Å². The van der Waals surface area contributed by atoms with E-state index in [-0.39, 0.29) is 5.82 Å². The highest BCUT2D eigenvalue weighted by molar-refractivity contribution is 9.09. The van der Waals surface area contributed by atoms with Gasteiger partial charge in [-0.15, -0.1) is 0 Å². The number of alkyl halides is 1. The van der Waals surface area contributed by atoms with Gasteiger partial charge in [0.05, 0.1) is 0 Å². The van der Waals surface area contributed by atoms with E-state index in [1.807, 2.05) is 6.07 Å². The van der Waals surface area contributed by atoms with Crippen LogP contribution in [0.2, 0.25) is 0 Å². The molecule has 0 N–H and O–H groups in total. The standard InChI is InChI=1S/C10H13BrFN/c1-2-13(7-6-11)10-5-3-4-9(12)8-10/h3-5,8H,2,6-7H2,1H3. The first-order valence-corrected chi connectivity index (χ1v) is 5.46. The van der Waals surface area contributed by atoms with E-state index in [0.717, 1.165) is 24.1 Å². The van der Waals surface area contributed by atoms with Crippen LogP contribution in [0, 0.1) is 5.82 Å². The first kappa shape index (κ1) is 10.5. The van der Waals surface area contributed by atoms with Gasteiger partial charge in [0.2, 0.25) is 0 Å². The molecule has 0 unspecified atom stereocenters. The van der Waals surface area contributed by atoms with Crippen LogP contribution < -0.4 is 4.90 Å². The van der Waals surface area contributed by atoms with Crippen LogP contribution in [0.25, 0.3) is 0 Å². The zero-order chi connectivity index (χ0) is 9.68. The molecule has 1 nitrogen and oxygen atoms in total. The topological polar surface area (TPSA) is 3.24 Å². The Morgan fingerprint density at radius 2 is 2.23 bits per heavy atom. The second-order valence-corrected chi connectivity index (χ2v) is 3.54. The molecule has 0 saturated carbocycles. The molecule has 0 bridgehead atoms. The molecule has 72 valence electrons. The van der Waals surface area contributed by atoms with Gasteiger partial charge in [-0.05, 0) is 25.1 Å². The number of benzene rings is 1. The fourth-order valence-corrected chi connectivity index (χ4v) is 1.67. The van der Waals surface area contributed by atoms with Crippen molar-refractivity contribution in [2.24, 2.45) is 0 Å². The second kappa shape index (κ2) is 5.22. The molecule has 1 aromatic rings. The summed E-state index contributed by atoms with van der Waals surface area (Å²) in [7, 11) is 0. The lowest BCUT2D eigenvalue weighted by molar-refractivity contribution is 0.627. The van der Waals surface area contributed by atoms with E-state index < -0.39 is 0 Å². The summed E-state index contributed by atoms with van der Waals surface area (Å²) in [5.41, 5.74) is 0.946. The van der Waals surface area contributed by atoms with Crippen LogP contribution in [0.15, 0.2) is 24.3 Å². The largest absolute Gasteiger partial charge is 0.371 e. The molecule has 0 aromatic heterocycles. The highest BCUT2D eigenvalue weighted by atomic mass is 79.9. The molecule has 0 amide bonds. The van der Waals surface area contributed by atoms with E-state index in [0.29, 0.717) is 0 Å². The molecule has 0 saturated heterocycles. The Hall–Kier alpha value is -0.570. The molecule has 0 aliphatic carbocycles. The quantitative estimate of drug-likeness (QED) is 0.738. The molecule has 0 atom stereocenters. The fraction of sp³-hybridized carbons (Fsp3) is 0.400. The third kappa shape index (κ3) is 2.99. The third-order valence-corrected chi connectivity index (χ3v) is 2.26. The lowest BCUT2D eigenvalue weighted by Gasteiger charge is -2.21. The van der Waals surface area contributed by atoms with Gasteiger partial charge >= 0.3 is 0 Å². The Kier molecular flexibility index (Phi) is 4.22. The predicted molar refractivity (Wildman–Crippen MR) is 58.1 cm³/mol. The van der Waals surface area contributed by atoms with Crippen LogP contribution in [0.4, 0.5) is 10.1 Å². The molecular formula is C10H13BrFN. The molecule has 0 radical (unpaired) electrons. The van der Waals surface area contributed by atoms with Crippen molar-refractivity contribution in [3.63, 3.8) is 0 Å². The van der Waals surface area contributed by atoms with E-state index >= 15 is 0 Å². The fourth-order valence-electron chi connectivity index (χ4n) is 1.24. The molecule has 0 aliphatic heterocycles. The second-order valence-electron chi connectivity index (χ2n) is 2.75. The number of hydrogen-bond donors (Lipinski definition) is 0. The minimum atomic E-state index is -0.175. The van der Waals surface area contributed by atoms with Crippen LogP contribution >= 0.6 is 15.9 Å². The summed E-state index contributed by atoms with van der Waals surface area (Å²) < 4.78 is 12.9. The summed E-state index contributed by atoms with van der Waals surface area (Å²) in [5, 5.41) is 0.900. The molecule has 0 fully saturated rings. The lowest BCUT2D eigenvalue weighted by atomic mass is 10.3. The maximum absolute atomic E-state index is 12.9. The summed E-state index contributed by atoms with van der Waals surface area (Å²) in [6.07, 6.45) is 0. The molecule has 0 heterocycles. The smallest absolute Gasteiger partial charge is 0.125 e. The van der Waals surface area contributed by atoms with Gasteiger partial charge < -0.3 is 4.90 Å². The molecule has 13 heavy (non-hydrogen) atoms. The molecule has 3 heteroatoms. The summed E-state index contributed by atoms with van der Waals surface area (Å²) >= 11 is 3.37. The van der Waals surface area contributed by atoms with E-state index in [2.05, 4.69) is 27.8 Å². The SMILES string of the molecule is CCN(CCBr)c1cccc(F)c1. The maximum atomic E-state index is 12.9. The Bertz CT molecular complexity index is 265. The van der Waals surface area contributed by atoms with Gasteiger partial charge in [-0.25, -0.2) is 4.39 Å². The van der Waals surface area contributed by atoms with Crippen molar-refractivity contribution in [1.82, 2.24) is 0 Å². The van der Waals surface area contributed by atoms with Gasteiger partial charge in [-0.3, -0.25) is 0 Å². The van der Waals surface area contributed by atoms with Gasteiger partial charge in [0.25, 0.3) is 0 Å². The minimum absolute atomic E-state index is 0.175. The normalized spacial score (nSPS) is 10.1. The highest BCUT2D eigenvalue weighted by Gasteiger charge is 2.03. The molecular weight excluding hydrogens is 233 g/mol. The van der Waals surface area contributed by atoms with Crippen molar-refractivity contribution >= 4 is 21.6 Å². The van der Waals surface area contributed by atoms with Crippen molar-refractivity contribution < 1.29 is 4.39 Å². The molecule has 0 aliphatic rings. The van der Waals surface area contributed by atoms with Crippen molar-refractivity contribution in [2.45, 2.75) is 6.92 Å². The summed E-state index contributed by atoms with van der Waals surface area (Å²) in [6, 6.07) is 6.69. The number of halogens is 2. The van der Waals surface area contributed by atoms with Crippen LogP contribution in [0.5, 0.6) is 0 Å². The number of hydrogen-bond acceptors (Lipinski definition) is 1. The summed E-state index contributed by atoms with van der Waals surface area (Å²) in [5.74, 6) is -0.175.